The van der Waals surface area contributed by atoms with Crippen molar-refractivity contribution in [2.24, 2.45) is 0 Å². The largest absolute Gasteiger partial charge is 0.385 e. The monoisotopic (exact) mass is 304 g/mol. The molecule has 1 N–H and O–H groups in total. The van der Waals surface area contributed by atoms with E-state index in [2.05, 4.69) is 16.8 Å². The maximum absolute atomic E-state index is 14.4. The standard InChI is InChI=1S/C18H25FN2O/c1-13-15-7-3-8-16(19)18(15)21(10-5-11-22-2)17(13)14-6-4-9-20-12-14/h3,7-8,14,20H,4-6,9-12H2,1-2H3/t14-/m0/s1. The van der Waals surface area contributed by atoms with Gasteiger partial charge in [-0.3, -0.25) is 0 Å². The number of nitrogens with zero attached hydrogens (tertiary/aromatic N) is 1. The van der Waals surface area contributed by atoms with E-state index in [1.54, 1.807) is 13.2 Å². The second-order valence-corrected chi connectivity index (χ2v) is 6.19. The third kappa shape index (κ3) is 2.77. The van der Waals surface area contributed by atoms with Gasteiger partial charge in [-0.1, -0.05) is 12.1 Å². The highest BCUT2D eigenvalue weighted by atomic mass is 19.1. The zero-order valence-electron chi connectivity index (χ0n) is 13.5. The molecule has 0 amide bonds. The molecule has 0 unspecified atom stereocenters. The summed E-state index contributed by atoms with van der Waals surface area (Å²) in [7, 11) is 1.71. The van der Waals surface area contributed by atoms with E-state index < -0.39 is 0 Å². The van der Waals surface area contributed by atoms with Gasteiger partial charge in [0.1, 0.15) is 5.82 Å². The maximum atomic E-state index is 14.4. The first-order valence-corrected chi connectivity index (χ1v) is 8.21. The van der Waals surface area contributed by atoms with E-state index in [-0.39, 0.29) is 5.82 Å². The summed E-state index contributed by atoms with van der Waals surface area (Å²) in [5.41, 5.74) is 3.31. The van der Waals surface area contributed by atoms with Crippen molar-refractivity contribution in [2.75, 3.05) is 26.8 Å². The van der Waals surface area contributed by atoms with Crippen molar-refractivity contribution < 1.29 is 9.13 Å². The Labute approximate surface area is 131 Å². The van der Waals surface area contributed by atoms with E-state index in [1.807, 2.05) is 12.1 Å². The number of para-hydroxylation sites is 1. The van der Waals surface area contributed by atoms with E-state index in [0.29, 0.717) is 12.5 Å². The minimum Gasteiger partial charge on any atom is -0.385 e. The van der Waals surface area contributed by atoms with Gasteiger partial charge in [-0.25, -0.2) is 4.39 Å². The summed E-state index contributed by atoms with van der Waals surface area (Å²) in [4.78, 5) is 0. The molecular formula is C18H25FN2O. The van der Waals surface area contributed by atoms with Crippen LogP contribution in [0.15, 0.2) is 18.2 Å². The van der Waals surface area contributed by atoms with Gasteiger partial charge in [-0.05, 0) is 44.4 Å². The first-order valence-electron chi connectivity index (χ1n) is 8.21. The highest BCUT2D eigenvalue weighted by Gasteiger charge is 2.24. The van der Waals surface area contributed by atoms with Crippen molar-refractivity contribution in [2.45, 2.75) is 38.6 Å². The Hall–Kier alpha value is -1.39. The number of piperidine rings is 1. The number of hydrogen-bond donors (Lipinski definition) is 1. The third-order valence-corrected chi connectivity index (χ3v) is 4.75. The summed E-state index contributed by atoms with van der Waals surface area (Å²) in [6, 6.07) is 5.42. The molecule has 1 fully saturated rings. The molecule has 0 aliphatic carbocycles. The molecule has 2 aromatic rings. The van der Waals surface area contributed by atoms with Crippen LogP contribution in [-0.2, 0) is 11.3 Å². The predicted octanol–water partition coefficient (Wildman–Crippen LogP) is 3.59. The SMILES string of the molecule is COCCCn1c([C@H]2CCCNC2)c(C)c2cccc(F)c21. The number of halogens is 1. The Morgan fingerprint density at radius 1 is 1.41 bits per heavy atom. The van der Waals surface area contributed by atoms with Gasteiger partial charge in [0.05, 0.1) is 5.52 Å². The van der Waals surface area contributed by atoms with Crippen molar-refractivity contribution in [3.8, 4) is 0 Å². The first-order chi connectivity index (χ1) is 10.7. The highest BCUT2D eigenvalue weighted by molar-refractivity contribution is 5.86. The van der Waals surface area contributed by atoms with Crippen LogP contribution in [0.25, 0.3) is 10.9 Å². The van der Waals surface area contributed by atoms with Crippen LogP contribution < -0.4 is 5.32 Å². The Kier molecular flexibility index (Phi) is 4.79. The van der Waals surface area contributed by atoms with Gasteiger partial charge < -0.3 is 14.6 Å². The van der Waals surface area contributed by atoms with Crippen molar-refractivity contribution in [1.29, 1.82) is 0 Å². The van der Waals surface area contributed by atoms with Crippen LogP contribution in [0.3, 0.4) is 0 Å². The maximum Gasteiger partial charge on any atom is 0.147 e. The fourth-order valence-corrected chi connectivity index (χ4v) is 3.76. The second-order valence-electron chi connectivity index (χ2n) is 6.19. The Morgan fingerprint density at radius 2 is 2.27 bits per heavy atom. The Bertz CT molecular complexity index is 644. The van der Waals surface area contributed by atoms with Crippen LogP contribution in [0.2, 0.25) is 0 Å². The van der Waals surface area contributed by atoms with E-state index >= 15 is 0 Å². The van der Waals surface area contributed by atoms with Gasteiger partial charge in [-0.2, -0.15) is 0 Å². The average Bonchev–Trinajstić information content (AvgIpc) is 2.82. The number of benzene rings is 1. The lowest BCUT2D eigenvalue weighted by Crippen LogP contribution is -2.30. The summed E-state index contributed by atoms with van der Waals surface area (Å²) in [5, 5.41) is 4.54. The second kappa shape index (κ2) is 6.80. The number of fused-ring (bicyclic) bond motifs is 1. The molecule has 4 heteroatoms. The molecule has 1 aromatic heterocycles. The zero-order chi connectivity index (χ0) is 15.5. The minimum absolute atomic E-state index is 0.118. The fourth-order valence-electron chi connectivity index (χ4n) is 3.76. The van der Waals surface area contributed by atoms with Crippen LogP contribution >= 0.6 is 0 Å². The van der Waals surface area contributed by atoms with Crippen LogP contribution in [-0.4, -0.2) is 31.4 Å². The van der Waals surface area contributed by atoms with Crippen molar-refractivity contribution in [1.82, 2.24) is 9.88 Å². The smallest absolute Gasteiger partial charge is 0.147 e. The van der Waals surface area contributed by atoms with Gasteiger partial charge in [-0.15, -0.1) is 0 Å². The zero-order valence-corrected chi connectivity index (χ0v) is 13.5. The Balaban J connectivity index is 2.09. The molecule has 0 bridgehead atoms. The van der Waals surface area contributed by atoms with Gasteiger partial charge in [0, 0.05) is 43.8 Å². The average molecular weight is 304 g/mol. The van der Waals surface area contributed by atoms with Gasteiger partial charge >= 0.3 is 0 Å². The molecule has 1 aliphatic rings. The molecule has 3 nitrogen and oxygen atoms in total. The predicted molar refractivity (Wildman–Crippen MR) is 88.0 cm³/mol. The molecule has 0 saturated carbocycles. The van der Waals surface area contributed by atoms with Crippen molar-refractivity contribution >= 4 is 10.9 Å². The molecule has 1 atom stereocenters. The fraction of sp³-hybridized carbons (Fsp3) is 0.556. The first kappa shape index (κ1) is 15.5. The molecule has 1 aromatic carbocycles. The summed E-state index contributed by atoms with van der Waals surface area (Å²) < 4.78 is 21.8. The van der Waals surface area contributed by atoms with Gasteiger partial charge in [0.25, 0.3) is 0 Å². The van der Waals surface area contributed by atoms with Crippen LogP contribution in [0.1, 0.15) is 36.4 Å². The Morgan fingerprint density at radius 3 is 3.00 bits per heavy atom. The molecule has 120 valence electrons. The molecule has 1 aliphatic heterocycles. The number of methoxy groups -OCH3 is 1. The molecule has 0 radical (unpaired) electrons. The van der Waals surface area contributed by atoms with E-state index in [9.17, 15) is 4.39 Å². The van der Waals surface area contributed by atoms with Crippen molar-refractivity contribution in [3.63, 3.8) is 0 Å². The number of aromatic nitrogens is 1. The number of nitrogens with one attached hydrogen (secondary N) is 1. The molecule has 0 spiro atoms. The molecular weight excluding hydrogens is 279 g/mol. The molecule has 2 heterocycles. The summed E-state index contributed by atoms with van der Waals surface area (Å²) in [6.07, 6.45) is 3.27. The van der Waals surface area contributed by atoms with Gasteiger partial charge in [0.2, 0.25) is 0 Å². The summed E-state index contributed by atoms with van der Waals surface area (Å²) >= 11 is 0. The summed E-state index contributed by atoms with van der Waals surface area (Å²) in [6.45, 7) is 5.73. The van der Waals surface area contributed by atoms with E-state index in [0.717, 1.165) is 37.0 Å². The quantitative estimate of drug-likeness (QED) is 0.854. The molecule has 1 saturated heterocycles. The number of hydrogen-bond acceptors (Lipinski definition) is 2. The van der Waals surface area contributed by atoms with Crippen molar-refractivity contribution in [3.05, 3.63) is 35.3 Å². The summed E-state index contributed by atoms with van der Waals surface area (Å²) in [5.74, 6) is 0.358. The minimum atomic E-state index is -0.118. The lowest BCUT2D eigenvalue weighted by atomic mass is 9.93. The number of ether oxygens (including phenoxy) is 1. The third-order valence-electron chi connectivity index (χ3n) is 4.75. The lowest BCUT2D eigenvalue weighted by molar-refractivity contribution is 0.190. The van der Waals surface area contributed by atoms with Crippen LogP contribution in [0.4, 0.5) is 4.39 Å². The number of rotatable bonds is 5. The van der Waals surface area contributed by atoms with E-state index in [4.69, 9.17) is 4.74 Å². The number of aryl methyl sites for hydroxylation is 2. The highest BCUT2D eigenvalue weighted by Crippen LogP contribution is 2.35. The van der Waals surface area contributed by atoms with E-state index in [1.165, 1.54) is 24.1 Å². The topological polar surface area (TPSA) is 26.2 Å². The van der Waals surface area contributed by atoms with Crippen LogP contribution in [0, 0.1) is 12.7 Å². The lowest BCUT2D eigenvalue weighted by Gasteiger charge is -2.25. The normalized spacial score (nSPS) is 19.0. The molecule has 22 heavy (non-hydrogen) atoms. The van der Waals surface area contributed by atoms with Gasteiger partial charge in [0.15, 0.2) is 0 Å². The van der Waals surface area contributed by atoms with Crippen LogP contribution in [0.5, 0.6) is 0 Å². The molecule has 3 rings (SSSR count).